The molecule has 0 heterocycles. The number of rotatable bonds is 8. The highest BCUT2D eigenvalue weighted by Crippen LogP contribution is 2.17. The van der Waals surface area contributed by atoms with Gasteiger partial charge in [0.25, 0.3) is 0 Å². The second-order valence-electron chi connectivity index (χ2n) is 3.83. The first-order valence-corrected chi connectivity index (χ1v) is 6.81. The maximum atomic E-state index is 11.6. The summed E-state index contributed by atoms with van der Waals surface area (Å²) < 4.78 is 4.74. The van der Waals surface area contributed by atoms with Crippen LogP contribution in [0.3, 0.4) is 0 Å². The van der Waals surface area contributed by atoms with E-state index < -0.39 is 12.0 Å². The van der Waals surface area contributed by atoms with Crippen molar-refractivity contribution < 1.29 is 19.4 Å². The summed E-state index contributed by atoms with van der Waals surface area (Å²) in [6.45, 7) is -0.0348. The molecule has 0 aliphatic carbocycles. The van der Waals surface area contributed by atoms with E-state index in [-0.39, 0.29) is 18.9 Å². The lowest BCUT2D eigenvalue weighted by molar-refractivity contribution is -0.143. The van der Waals surface area contributed by atoms with Crippen molar-refractivity contribution in [1.82, 2.24) is 5.32 Å². The average molecular weight is 283 g/mol. The Morgan fingerprint density at radius 2 is 2.05 bits per heavy atom. The molecule has 0 fully saturated rings. The van der Waals surface area contributed by atoms with Gasteiger partial charge in [0.15, 0.2) is 6.04 Å². The van der Waals surface area contributed by atoms with Gasteiger partial charge in [0, 0.05) is 24.2 Å². The number of carbonyl (C=O) groups excluding carboxylic acids is 1. The number of nitrogens with one attached hydrogen (secondary N) is 1. The third kappa shape index (κ3) is 6.26. The van der Waals surface area contributed by atoms with Crippen molar-refractivity contribution >= 4 is 23.6 Å². The molecule has 0 spiro atoms. The fraction of sp³-hybridized carbons (Fsp3) is 0.385. The van der Waals surface area contributed by atoms with Crippen LogP contribution >= 0.6 is 11.8 Å². The van der Waals surface area contributed by atoms with E-state index in [2.05, 4.69) is 5.32 Å². The van der Waals surface area contributed by atoms with Gasteiger partial charge in [0.1, 0.15) is 0 Å². The third-order valence-electron chi connectivity index (χ3n) is 2.31. The van der Waals surface area contributed by atoms with E-state index in [0.29, 0.717) is 5.75 Å². The fourth-order valence-electron chi connectivity index (χ4n) is 1.39. The molecule has 0 aliphatic heterocycles. The summed E-state index contributed by atoms with van der Waals surface area (Å²) in [5.41, 5.74) is 0. The molecular formula is C13H17NO4S. The molecule has 0 saturated carbocycles. The van der Waals surface area contributed by atoms with Crippen molar-refractivity contribution in [3.8, 4) is 0 Å². The molecule has 0 bridgehead atoms. The topological polar surface area (TPSA) is 75.6 Å². The number of ether oxygens (including phenoxy) is 1. The fourth-order valence-corrected chi connectivity index (χ4v) is 2.26. The second-order valence-corrected chi connectivity index (χ2v) is 4.99. The van der Waals surface area contributed by atoms with Crippen LogP contribution in [0.25, 0.3) is 0 Å². The summed E-state index contributed by atoms with van der Waals surface area (Å²) >= 11 is 1.56. The summed E-state index contributed by atoms with van der Waals surface area (Å²) in [7, 11) is 1.40. The van der Waals surface area contributed by atoms with Gasteiger partial charge in [-0.25, -0.2) is 4.79 Å². The number of hydrogen-bond donors (Lipinski definition) is 2. The van der Waals surface area contributed by atoms with Crippen LogP contribution in [0.5, 0.6) is 0 Å². The number of hydrogen-bond acceptors (Lipinski definition) is 4. The van der Waals surface area contributed by atoms with Crippen LogP contribution < -0.4 is 5.32 Å². The highest BCUT2D eigenvalue weighted by molar-refractivity contribution is 7.99. The van der Waals surface area contributed by atoms with Crippen molar-refractivity contribution in [2.24, 2.45) is 0 Å². The molecule has 0 radical (unpaired) electrons. The van der Waals surface area contributed by atoms with Gasteiger partial charge < -0.3 is 15.2 Å². The zero-order valence-corrected chi connectivity index (χ0v) is 11.5. The molecule has 1 amide bonds. The number of methoxy groups -OCH3 is 1. The van der Waals surface area contributed by atoms with E-state index in [4.69, 9.17) is 9.84 Å². The lowest BCUT2D eigenvalue weighted by Gasteiger charge is -2.13. The quantitative estimate of drug-likeness (QED) is 0.705. The molecule has 19 heavy (non-hydrogen) atoms. The van der Waals surface area contributed by atoms with Crippen LogP contribution in [0.2, 0.25) is 0 Å². The normalized spacial score (nSPS) is 11.8. The van der Waals surface area contributed by atoms with Gasteiger partial charge in [0.2, 0.25) is 5.91 Å². The molecular weight excluding hydrogens is 266 g/mol. The zero-order valence-electron chi connectivity index (χ0n) is 10.7. The summed E-state index contributed by atoms with van der Waals surface area (Å²) in [5, 5.41) is 11.3. The van der Waals surface area contributed by atoms with Gasteiger partial charge in [-0.2, -0.15) is 0 Å². The van der Waals surface area contributed by atoms with Crippen molar-refractivity contribution in [3.05, 3.63) is 30.3 Å². The Hall–Kier alpha value is -1.53. The Morgan fingerprint density at radius 1 is 1.37 bits per heavy atom. The minimum Gasteiger partial charge on any atom is -0.480 e. The minimum absolute atomic E-state index is 0.0348. The van der Waals surface area contributed by atoms with Gasteiger partial charge in [-0.1, -0.05) is 18.2 Å². The molecule has 5 nitrogen and oxygen atoms in total. The number of carboxylic acid groups (broad SMARTS) is 1. The Morgan fingerprint density at radius 3 is 2.63 bits per heavy atom. The monoisotopic (exact) mass is 283 g/mol. The number of thioether (sulfide) groups is 1. The van der Waals surface area contributed by atoms with Crippen LogP contribution in [0.15, 0.2) is 35.2 Å². The van der Waals surface area contributed by atoms with E-state index in [9.17, 15) is 9.59 Å². The van der Waals surface area contributed by atoms with E-state index in [1.54, 1.807) is 11.8 Å². The number of carbonyl (C=O) groups is 2. The van der Waals surface area contributed by atoms with Crippen molar-refractivity contribution in [2.45, 2.75) is 17.4 Å². The predicted octanol–water partition coefficient (Wildman–Crippen LogP) is 1.38. The smallest absolute Gasteiger partial charge is 0.328 e. The lowest BCUT2D eigenvalue weighted by atomic mass is 10.3. The zero-order chi connectivity index (χ0) is 14.1. The average Bonchev–Trinajstić information content (AvgIpc) is 2.39. The summed E-state index contributed by atoms with van der Waals surface area (Å²) in [6, 6.07) is 8.74. The standard InChI is InChI=1S/C13H17NO4S/c1-18-9-11(13(16)17)14-12(15)7-8-19-10-5-3-2-4-6-10/h2-6,11H,7-9H2,1H3,(H,14,15)(H,16,17). The first kappa shape index (κ1) is 15.5. The molecule has 1 atom stereocenters. The number of carboxylic acids is 1. The highest BCUT2D eigenvalue weighted by Gasteiger charge is 2.19. The summed E-state index contributed by atoms with van der Waals surface area (Å²) in [4.78, 5) is 23.5. The van der Waals surface area contributed by atoms with Gasteiger partial charge in [-0.3, -0.25) is 4.79 Å². The van der Waals surface area contributed by atoms with Crippen LogP contribution in [-0.2, 0) is 14.3 Å². The van der Waals surface area contributed by atoms with Crippen LogP contribution in [0.4, 0.5) is 0 Å². The van der Waals surface area contributed by atoms with Gasteiger partial charge in [-0.15, -0.1) is 11.8 Å². The van der Waals surface area contributed by atoms with Crippen molar-refractivity contribution in [1.29, 1.82) is 0 Å². The maximum absolute atomic E-state index is 11.6. The Balaban J connectivity index is 2.29. The Kier molecular flexibility index (Phi) is 6.99. The van der Waals surface area contributed by atoms with E-state index in [1.165, 1.54) is 7.11 Å². The SMILES string of the molecule is COCC(NC(=O)CCSc1ccccc1)C(=O)O. The molecule has 1 aromatic rings. The highest BCUT2D eigenvalue weighted by atomic mass is 32.2. The molecule has 0 aromatic heterocycles. The minimum atomic E-state index is -1.09. The molecule has 2 N–H and O–H groups in total. The summed E-state index contributed by atoms with van der Waals surface area (Å²) in [6.07, 6.45) is 0.271. The second kappa shape index (κ2) is 8.55. The molecule has 0 aliphatic rings. The molecule has 104 valence electrons. The molecule has 1 unspecified atom stereocenters. The van der Waals surface area contributed by atoms with Crippen LogP contribution in [-0.4, -0.2) is 42.5 Å². The number of benzene rings is 1. The van der Waals surface area contributed by atoms with Gasteiger partial charge in [-0.05, 0) is 12.1 Å². The van der Waals surface area contributed by atoms with Gasteiger partial charge >= 0.3 is 5.97 Å². The van der Waals surface area contributed by atoms with E-state index >= 15 is 0 Å². The Labute approximate surface area is 116 Å². The number of amides is 1. The van der Waals surface area contributed by atoms with Crippen LogP contribution in [0, 0.1) is 0 Å². The Bertz CT molecular complexity index is 410. The van der Waals surface area contributed by atoms with Crippen molar-refractivity contribution in [3.63, 3.8) is 0 Å². The number of aliphatic carboxylic acids is 1. The van der Waals surface area contributed by atoms with Gasteiger partial charge in [0.05, 0.1) is 6.61 Å². The largest absolute Gasteiger partial charge is 0.480 e. The molecule has 6 heteroatoms. The molecule has 1 rings (SSSR count). The van der Waals surface area contributed by atoms with Crippen LogP contribution in [0.1, 0.15) is 6.42 Å². The molecule has 0 saturated heterocycles. The third-order valence-corrected chi connectivity index (χ3v) is 3.32. The predicted molar refractivity (Wildman–Crippen MR) is 73.2 cm³/mol. The van der Waals surface area contributed by atoms with Crippen molar-refractivity contribution in [2.75, 3.05) is 19.5 Å². The first-order valence-electron chi connectivity index (χ1n) is 5.82. The molecule has 1 aromatic carbocycles. The lowest BCUT2D eigenvalue weighted by Crippen LogP contribution is -2.43. The maximum Gasteiger partial charge on any atom is 0.328 e. The first-order chi connectivity index (χ1) is 9.13. The van der Waals surface area contributed by atoms with E-state index in [1.807, 2.05) is 30.3 Å². The summed E-state index contributed by atoms with van der Waals surface area (Å²) in [5.74, 6) is -0.770. The van der Waals surface area contributed by atoms with E-state index in [0.717, 1.165) is 4.90 Å².